The Morgan fingerprint density at radius 2 is 1.96 bits per heavy atom. The van der Waals surface area contributed by atoms with Crippen LogP contribution in [0, 0.1) is 24.1 Å². The van der Waals surface area contributed by atoms with Gasteiger partial charge in [0.1, 0.15) is 11.9 Å². The molecule has 2 aromatic carbocycles. The van der Waals surface area contributed by atoms with Crippen LogP contribution in [-0.2, 0) is 7.05 Å². The van der Waals surface area contributed by atoms with Gasteiger partial charge in [0, 0.05) is 12.6 Å². The summed E-state index contributed by atoms with van der Waals surface area (Å²) >= 11 is 0. The zero-order valence-electron chi connectivity index (χ0n) is 14.7. The fraction of sp³-hybridized carbons (Fsp3) is 0.100. The Morgan fingerprint density at radius 3 is 2.74 bits per heavy atom. The maximum Gasteiger partial charge on any atom is 0.165 e. The van der Waals surface area contributed by atoms with Crippen molar-refractivity contribution in [1.29, 1.82) is 5.26 Å². The number of hydrogen-bond donors (Lipinski definition) is 1. The number of aryl methyl sites for hydroxylation is 2. The molecule has 0 fully saturated rings. The van der Waals surface area contributed by atoms with Gasteiger partial charge >= 0.3 is 0 Å². The summed E-state index contributed by atoms with van der Waals surface area (Å²) in [6.45, 7) is 1.81. The van der Waals surface area contributed by atoms with Crippen LogP contribution in [0.15, 0.2) is 48.8 Å². The number of benzene rings is 2. The molecule has 27 heavy (non-hydrogen) atoms. The molecule has 0 aliphatic carbocycles. The van der Waals surface area contributed by atoms with E-state index in [1.165, 1.54) is 12.1 Å². The number of rotatable bonds is 3. The molecule has 0 amide bonds. The van der Waals surface area contributed by atoms with Crippen LogP contribution < -0.4 is 5.32 Å². The van der Waals surface area contributed by atoms with Crippen LogP contribution in [0.3, 0.4) is 0 Å². The molecule has 0 unspecified atom stereocenters. The molecule has 0 aliphatic heterocycles. The molecule has 132 valence electrons. The first-order valence-electron chi connectivity index (χ1n) is 8.28. The lowest BCUT2D eigenvalue weighted by Gasteiger charge is -2.11. The Morgan fingerprint density at radius 1 is 1.15 bits per heavy atom. The molecule has 0 saturated heterocycles. The van der Waals surface area contributed by atoms with Crippen LogP contribution in [0.25, 0.3) is 22.6 Å². The second-order valence-electron chi connectivity index (χ2n) is 6.17. The first-order chi connectivity index (χ1) is 13.1. The molecule has 0 aliphatic rings. The summed E-state index contributed by atoms with van der Waals surface area (Å²) in [5.41, 5.74) is 3.83. The number of nitriles is 1. The molecule has 0 spiro atoms. The van der Waals surface area contributed by atoms with Gasteiger partial charge in [-0.2, -0.15) is 5.26 Å². The van der Waals surface area contributed by atoms with Crippen molar-refractivity contribution in [3.05, 3.63) is 65.7 Å². The van der Waals surface area contributed by atoms with Crippen molar-refractivity contribution in [2.24, 2.45) is 7.05 Å². The van der Waals surface area contributed by atoms with E-state index in [9.17, 15) is 9.65 Å². The van der Waals surface area contributed by atoms with Crippen LogP contribution in [0.2, 0.25) is 0 Å². The summed E-state index contributed by atoms with van der Waals surface area (Å²) in [6, 6.07) is 13.8. The summed E-state index contributed by atoms with van der Waals surface area (Å²) in [7, 11) is 1.84. The average molecular weight is 358 g/mol. The zero-order valence-corrected chi connectivity index (χ0v) is 14.7. The van der Waals surface area contributed by atoms with Crippen LogP contribution >= 0.6 is 0 Å². The van der Waals surface area contributed by atoms with Gasteiger partial charge in [-0.25, -0.2) is 19.3 Å². The Bertz CT molecular complexity index is 1210. The second kappa shape index (κ2) is 6.50. The lowest BCUT2D eigenvalue weighted by molar-refractivity contribution is 0.627. The van der Waals surface area contributed by atoms with Crippen molar-refractivity contribution >= 4 is 22.7 Å². The predicted molar refractivity (Wildman–Crippen MR) is 101 cm³/mol. The zero-order chi connectivity index (χ0) is 19.0. The number of imidazole rings is 1. The average Bonchev–Trinajstić information content (AvgIpc) is 3.03. The maximum absolute atomic E-state index is 13.5. The Hall–Kier alpha value is -3.79. The summed E-state index contributed by atoms with van der Waals surface area (Å²) in [5.74, 6) is 0.640. The molecule has 4 rings (SSSR count). The van der Waals surface area contributed by atoms with E-state index in [1.54, 1.807) is 35.2 Å². The Labute approximate surface area is 155 Å². The Balaban J connectivity index is 1.91. The highest BCUT2D eigenvalue weighted by Gasteiger charge is 2.16. The number of hydrogen-bond acceptors (Lipinski definition) is 5. The summed E-state index contributed by atoms with van der Waals surface area (Å²) < 4.78 is 15.3. The van der Waals surface area contributed by atoms with E-state index in [0.717, 1.165) is 11.1 Å². The van der Waals surface area contributed by atoms with Crippen LogP contribution in [-0.4, -0.2) is 19.5 Å². The van der Waals surface area contributed by atoms with Crippen molar-refractivity contribution in [3.8, 4) is 17.5 Å². The normalized spacial score (nSPS) is 10.7. The third-order valence-electron chi connectivity index (χ3n) is 4.29. The lowest BCUT2D eigenvalue weighted by atomic mass is 10.1. The monoisotopic (exact) mass is 358 g/mol. The third-order valence-corrected chi connectivity index (χ3v) is 4.29. The largest absolute Gasteiger partial charge is 0.337 e. The second-order valence-corrected chi connectivity index (χ2v) is 6.17. The molecule has 0 bridgehead atoms. The predicted octanol–water partition coefficient (Wildman–Crippen LogP) is 4.09. The minimum Gasteiger partial charge on any atom is -0.337 e. The van der Waals surface area contributed by atoms with Crippen molar-refractivity contribution in [1.82, 2.24) is 19.5 Å². The van der Waals surface area contributed by atoms with E-state index in [4.69, 9.17) is 0 Å². The van der Waals surface area contributed by atoms with Crippen LogP contribution in [0.1, 0.15) is 11.1 Å². The number of halogens is 1. The minimum absolute atomic E-state index is 0.306. The van der Waals surface area contributed by atoms with Gasteiger partial charge in [0.25, 0.3) is 0 Å². The first kappa shape index (κ1) is 16.7. The molecular formula is C20H15FN6. The van der Waals surface area contributed by atoms with E-state index >= 15 is 0 Å². The maximum atomic E-state index is 13.5. The molecule has 0 atom stereocenters. The van der Waals surface area contributed by atoms with Gasteiger partial charge in [0.15, 0.2) is 22.8 Å². The van der Waals surface area contributed by atoms with Crippen LogP contribution in [0.4, 0.5) is 15.9 Å². The highest BCUT2D eigenvalue weighted by atomic mass is 19.1. The summed E-state index contributed by atoms with van der Waals surface area (Å²) in [6.07, 6.45) is 1.65. The molecule has 2 aromatic heterocycles. The fourth-order valence-electron chi connectivity index (χ4n) is 2.91. The first-order valence-corrected chi connectivity index (χ1v) is 8.28. The van der Waals surface area contributed by atoms with Gasteiger partial charge in [-0.05, 0) is 42.8 Å². The molecule has 0 radical (unpaired) electrons. The van der Waals surface area contributed by atoms with Gasteiger partial charge < -0.3 is 9.88 Å². The highest BCUT2D eigenvalue weighted by molar-refractivity contribution is 5.88. The standard InChI is InChI=1S/C20H15FN6/c1-12-9-14(21)7-8-15(12)18-25-19(17-20(26-18)27(2)11-23-17)24-16-6-4-3-5-13(16)10-22/h3-9,11H,1-2H3,(H,24,25,26). The van der Waals surface area contributed by atoms with Gasteiger partial charge in [-0.15, -0.1) is 0 Å². The van der Waals surface area contributed by atoms with Crippen molar-refractivity contribution in [3.63, 3.8) is 0 Å². The van der Waals surface area contributed by atoms with Crippen molar-refractivity contribution in [2.45, 2.75) is 6.92 Å². The SMILES string of the molecule is Cc1cc(F)ccc1-c1nc(Nc2ccccc2C#N)c2ncn(C)c2n1. The summed E-state index contributed by atoms with van der Waals surface area (Å²) in [4.78, 5) is 13.6. The van der Waals surface area contributed by atoms with Crippen molar-refractivity contribution < 1.29 is 4.39 Å². The molecule has 2 heterocycles. The number of anilines is 2. The van der Waals surface area contributed by atoms with Gasteiger partial charge in [-0.1, -0.05) is 12.1 Å². The molecule has 4 aromatic rings. The smallest absolute Gasteiger partial charge is 0.165 e. The van der Waals surface area contributed by atoms with E-state index in [1.807, 2.05) is 20.0 Å². The Kier molecular flexibility index (Phi) is 4.01. The fourth-order valence-corrected chi connectivity index (χ4v) is 2.91. The van der Waals surface area contributed by atoms with E-state index in [2.05, 4.69) is 26.3 Å². The van der Waals surface area contributed by atoms with Gasteiger partial charge in [0.05, 0.1) is 17.6 Å². The van der Waals surface area contributed by atoms with Gasteiger partial charge in [0.2, 0.25) is 0 Å². The minimum atomic E-state index is -0.306. The molecule has 6 nitrogen and oxygen atoms in total. The lowest BCUT2D eigenvalue weighted by Crippen LogP contribution is -2.02. The molecule has 7 heteroatoms. The van der Waals surface area contributed by atoms with E-state index in [0.29, 0.717) is 34.1 Å². The molecule has 1 N–H and O–H groups in total. The number of aromatic nitrogens is 4. The number of fused-ring (bicyclic) bond motifs is 1. The van der Waals surface area contributed by atoms with Crippen molar-refractivity contribution in [2.75, 3.05) is 5.32 Å². The number of para-hydroxylation sites is 1. The van der Waals surface area contributed by atoms with E-state index in [-0.39, 0.29) is 5.82 Å². The van der Waals surface area contributed by atoms with Gasteiger partial charge in [-0.3, -0.25) is 0 Å². The molecular weight excluding hydrogens is 343 g/mol. The quantitative estimate of drug-likeness (QED) is 0.597. The topological polar surface area (TPSA) is 79.4 Å². The summed E-state index contributed by atoms with van der Waals surface area (Å²) in [5, 5.41) is 12.5. The molecule has 0 saturated carbocycles. The van der Waals surface area contributed by atoms with Crippen LogP contribution in [0.5, 0.6) is 0 Å². The third kappa shape index (κ3) is 2.98. The van der Waals surface area contributed by atoms with E-state index < -0.39 is 0 Å². The highest BCUT2D eigenvalue weighted by Crippen LogP contribution is 2.29. The number of nitrogens with one attached hydrogen (secondary N) is 1. The number of nitrogens with zero attached hydrogens (tertiary/aromatic N) is 5.